The highest BCUT2D eigenvalue weighted by Crippen LogP contribution is 2.42. The minimum Gasteiger partial charge on any atom is -0.359 e. The first-order chi connectivity index (χ1) is 8.78. The van der Waals surface area contributed by atoms with Crippen LogP contribution in [0.2, 0.25) is 0 Å². The highest BCUT2D eigenvalue weighted by atomic mass is 32.1. The van der Waals surface area contributed by atoms with Crippen LogP contribution in [0.3, 0.4) is 0 Å². The maximum Gasteiger partial charge on any atom is 0.222 e. The molecular formula is C12H18N4OS. The van der Waals surface area contributed by atoms with Gasteiger partial charge < -0.3 is 10.2 Å². The SMILES string of the molecule is CNC(=O)C1CCN(c2nnc(C3CC3)s2)CC1. The predicted molar refractivity (Wildman–Crippen MR) is 70.9 cm³/mol. The minimum atomic E-state index is 0.169. The number of piperidine rings is 1. The highest BCUT2D eigenvalue weighted by molar-refractivity contribution is 7.15. The van der Waals surface area contributed by atoms with Crippen LogP contribution in [-0.2, 0) is 4.79 Å². The van der Waals surface area contributed by atoms with Crippen molar-refractivity contribution in [2.24, 2.45) is 5.92 Å². The maximum atomic E-state index is 11.6. The lowest BCUT2D eigenvalue weighted by Gasteiger charge is -2.30. The number of aromatic nitrogens is 2. The van der Waals surface area contributed by atoms with Crippen molar-refractivity contribution in [1.29, 1.82) is 0 Å². The molecule has 2 aliphatic rings. The van der Waals surface area contributed by atoms with Crippen LogP contribution in [0, 0.1) is 5.92 Å². The van der Waals surface area contributed by atoms with Crippen LogP contribution >= 0.6 is 11.3 Å². The van der Waals surface area contributed by atoms with Crippen LogP contribution in [0.15, 0.2) is 0 Å². The summed E-state index contributed by atoms with van der Waals surface area (Å²) in [4.78, 5) is 13.8. The lowest BCUT2D eigenvalue weighted by Crippen LogP contribution is -2.39. The number of amides is 1. The first kappa shape index (κ1) is 11.9. The van der Waals surface area contributed by atoms with E-state index in [1.165, 1.54) is 17.8 Å². The van der Waals surface area contributed by atoms with E-state index >= 15 is 0 Å². The van der Waals surface area contributed by atoms with Crippen molar-refractivity contribution in [3.8, 4) is 0 Å². The van der Waals surface area contributed by atoms with Crippen molar-refractivity contribution in [3.05, 3.63) is 5.01 Å². The molecule has 0 atom stereocenters. The fourth-order valence-corrected chi connectivity index (χ4v) is 3.45. The van der Waals surface area contributed by atoms with Gasteiger partial charge in [0.25, 0.3) is 0 Å². The number of nitrogens with one attached hydrogen (secondary N) is 1. The van der Waals surface area contributed by atoms with E-state index in [-0.39, 0.29) is 11.8 Å². The Morgan fingerprint density at radius 1 is 1.28 bits per heavy atom. The molecule has 1 amide bonds. The van der Waals surface area contributed by atoms with Gasteiger partial charge in [-0.2, -0.15) is 0 Å². The molecule has 2 fully saturated rings. The third-order valence-corrected chi connectivity index (χ3v) is 4.89. The minimum absolute atomic E-state index is 0.169. The first-order valence-corrected chi connectivity index (χ1v) is 7.39. The predicted octanol–water partition coefficient (Wildman–Crippen LogP) is 1.38. The van der Waals surface area contributed by atoms with Gasteiger partial charge in [-0.05, 0) is 25.7 Å². The van der Waals surface area contributed by atoms with Crippen molar-refractivity contribution >= 4 is 22.4 Å². The zero-order chi connectivity index (χ0) is 12.5. The summed E-state index contributed by atoms with van der Waals surface area (Å²) in [5.74, 6) is 1.02. The average Bonchev–Trinajstić information content (AvgIpc) is 3.16. The van der Waals surface area contributed by atoms with E-state index in [1.54, 1.807) is 18.4 Å². The molecule has 18 heavy (non-hydrogen) atoms. The smallest absolute Gasteiger partial charge is 0.222 e. The molecule has 1 aromatic heterocycles. The van der Waals surface area contributed by atoms with Crippen LogP contribution in [0.5, 0.6) is 0 Å². The Bertz CT molecular complexity index is 435. The quantitative estimate of drug-likeness (QED) is 0.898. The number of rotatable bonds is 3. The standard InChI is InChI=1S/C12H18N4OS/c1-13-10(17)8-4-6-16(7-5-8)12-15-14-11(18-12)9-2-3-9/h8-9H,2-7H2,1H3,(H,13,17). The summed E-state index contributed by atoms with van der Waals surface area (Å²) in [6.45, 7) is 1.83. The largest absolute Gasteiger partial charge is 0.359 e. The van der Waals surface area contributed by atoms with E-state index in [1.807, 2.05) is 0 Å². The molecule has 1 aliphatic heterocycles. The van der Waals surface area contributed by atoms with Crippen molar-refractivity contribution < 1.29 is 4.79 Å². The molecule has 3 rings (SSSR count). The van der Waals surface area contributed by atoms with Crippen LogP contribution in [0.25, 0.3) is 0 Å². The zero-order valence-corrected chi connectivity index (χ0v) is 11.4. The van der Waals surface area contributed by atoms with E-state index in [9.17, 15) is 4.79 Å². The van der Waals surface area contributed by atoms with Crippen molar-refractivity contribution in [2.45, 2.75) is 31.6 Å². The summed E-state index contributed by atoms with van der Waals surface area (Å²) >= 11 is 1.73. The molecule has 1 N–H and O–H groups in total. The summed E-state index contributed by atoms with van der Waals surface area (Å²) in [7, 11) is 1.71. The van der Waals surface area contributed by atoms with Crippen molar-refractivity contribution in [2.75, 3.05) is 25.0 Å². The third-order valence-electron chi connectivity index (χ3n) is 3.74. The Balaban J connectivity index is 1.59. The second kappa shape index (κ2) is 4.84. The van der Waals surface area contributed by atoms with Crippen LogP contribution < -0.4 is 10.2 Å². The molecule has 0 unspecified atom stereocenters. The first-order valence-electron chi connectivity index (χ1n) is 6.58. The molecule has 0 spiro atoms. The molecular weight excluding hydrogens is 248 g/mol. The van der Waals surface area contributed by atoms with E-state index in [0.29, 0.717) is 5.92 Å². The number of anilines is 1. The topological polar surface area (TPSA) is 58.1 Å². The molecule has 98 valence electrons. The van der Waals surface area contributed by atoms with E-state index in [0.717, 1.165) is 31.1 Å². The molecule has 5 nitrogen and oxygen atoms in total. The summed E-state index contributed by atoms with van der Waals surface area (Å²) in [5, 5.41) is 13.5. The number of nitrogens with zero attached hydrogens (tertiary/aromatic N) is 3. The van der Waals surface area contributed by atoms with Gasteiger partial charge in [-0.25, -0.2) is 0 Å². The Kier molecular flexibility index (Phi) is 3.20. The summed E-state index contributed by atoms with van der Waals surface area (Å²) in [5.41, 5.74) is 0. The number of hydrogen-bond donors (Lipinski definition) is 1. The van der Waals surface area contributed by atoms with Gasteiger partial charge in [0.1, 0.15) is 5.01 Å². The summed E-state index contributed by atoms with van der Waals surface area (Å²) in [6, 6.07) is 0. The van der Waals surface area contributed by atoms with Gasteiger partial charge in [0.2, 0.25) is 11.0 Å². The second-order valence-corrected chi connectivity index (χ2v) is 6.06. The summed E-state index contributed by atoms with van der Waals surface area (Å²) < 4.78 is 0. The van der Waals surface area contributed by atoms with Gasteiger partial charge in [-0.1, -0.05) is 11.3 Å². The fourth-order valence-electron chi connectivity index (χ4n) is 2.39. The third kappa shape index (κ3) is 2.34. The van der Waals surface area contributed by atoms with Crippen molar-refractivity contribution in [3.63, 3.8) is 0 Å². The molecule has 2 heterocycles. The van der Waals surface area contributed by atoms with Gasteiger partial charge in [-0.3, -0.25) is 4.79 Å². The zero-order valence-electron chi connectivity index (χ0n) is 10.6. The van der Waals surface area contributed by atoms with E-state index in [2.05, 4.69) is 20.4 Å². The Hall–Kier alpha value is -1.17. The molecule has 0 bridgehead atoms. The number of hydrogen-bond acceptors (Lipinski definition) is 5. The Morgan fingerprint density at radius 2 is 2.00 bits per heavy atom. The normalized spacial score (nSPS) is 21.1. The number of carbonyl (C=O) groups is 1. The molecule has 1 aromatic rings. The molecule has 1 saturated heterocycles. The number of carbonyl (C=O) groups excluding carboxylic acids is 1. The highest BCUT2D eigenvalue weighted by Gasteiger charge is 2.30. The monoisotopic (exact) mass is 266 g/mol. The molecule has 0 aromatic carbocycles. The molecule has 6 heteroatoms. The lowest BCUT2D eigenvalue weighted by atomic mass is 9.96. The van der Waals surface area contributed by atoms with Gasteiger partial charge in [-0.15, -0.1) is 10.2 Å². The van der Waals surface area contributed by atoms with Crippen LogP contribution in [0.4, 0.5) is 5.13 Å². The molecule has 1 aliphatic carbocycles. The van der Waals surface area contributed by atoms with Gasteiger partial charge >= 0.3 is 0 Å². The van der Waals surface area contributed by atoms with E-state index in [4.69, 9.17) is 0 Å². The molecule has 0 radical (unpaired) electrons. The lowest BCUT2D eigenvalue weighted by molar-refractivity contribution is -0.125. The van der Waals surface area contributed by atoms with Gasteiger partial charge in [0.05, 0.1) is 0 Å². The fraction of sp³-hybridized carbons (Fsp3) is 0.750. The Labute approximate surface area is 111 Å². The van der Waals surface area contributed by atoms with E-state index < -0.39 is 0 Å². The Morgan fingerprint density at radius 3 is 2.61 bits per heavy atom. The molecule has 1 saturated carbocycles. The second-order valence-electron chi connectivity index (χ2n) is 5.07. The van der Waals surface area contributed by atoms with Gasteiger partial charge in [0, 0.05) is 32.0 Å². The van der Waals surface area contributed by atoms with Crippen LogP contribution in [-0.4, -0.2) is 36.2 Å². The maximum absolute atomic E-state index is 11.6. The van der Waals surface area contributed by atoms with Crippen molar-refractivity contribution in [1.82, 2.24) is 15.5 Å². The van der Waals surface area contributed by atoms with Crippen LogP contribution in [0.1, 0.15) is 36.6 Å². The summed E-state index contributed by atoms with van der Waals surface area (Å²) in [6.07, 6.45) is 4.37. The average molecular weight is 266 g/mol. The van der Waals surface area contributed by atoms with Gasteiger partial charge in [0.15, 0.2) is 0 Å².